The van der Waals surface area contributed by atoms with E-state index in [1.165, 1.54) is 10.9 Å². The molecule has 0 atom stereocenters. The van der Waals surface area contributed by atoms with E-state index < -0.39 is 0 Å². The van der Waals surface area contributed by atoms with Crippen molar-refractivity contribution in [1.82, 2.24) is 24.1 Å². The molecule has 3 rings (SSSR count). The minimum atomic E-state index is -0.308. The van der Waals surface area contributed by atoms with E-state index in [9.17, 15) is 9.59 Å². The van der Waals surface area contributed by atoms with Gasteiger partial charge in [-0.3, -0.25) is 13.9 Å². The van der Waals surface area contributed by atoms with Crippen molar-refractivity contribution in [3.05, 3.63) is 62.9 Å². The van der Waals surface area contributed by atoms with Crippen molar-refractivity contribution in [2.75, 3.05) is 0 Å². The quantitative estimate of drug-likeness (QED) is 0.709. The van der Waals surface area contributed by atoms with E-state index in [4.69, 9.17) is 0 Å². The van der Waals surface area contributed by atoms with Gasteiger partial charge >= 0.3 is 5.69 Å². The highest BCUT2D eigenvalue weighted by molar-refractivity contribution is 5.71. The normalized spacial score (nSPS) is 11.0. The third-order valence-corrected chi connectivity index (χ3v) is 3.50. The van der Waals surface area contributed by atoms with Gasteiger partial charge in [-0.25, -0.2) is 14.8 Å². The second-order valence-electron chi connectivity index (χ2n) is 5.09. The molecule has 0 aliphatic carbocycles. The summed E-state index contributed by atoms with van der Waals surface area (Å²) in [5, 5.41) is 0. The fourth-order valence-electron chi connectivity index (χ4n) is 2.40. The number of aryl methyl sites for hydroxylation is 3. The van der Waals surface area contributed by atoms with E-state index in [1.807, 2.05) is 13.0 Å². The fourth-order valence-corrected chi connectivity index (χ4v) is 2.40. The van der Waals surface area contributed by atoms with Gasteiger partial charge in [0.25, 0.3) is 5.56 Å². The van der Waals surface area contributed by atoms with Gasteiger partial charge in [-0.05, 0) is 32.0 Å². The van der Waals surface area contributed by atoms with Crippen LogP contribution in [0, 0.1) is 13.8 Å². The van der Waals surface area contributed by atoms with Gasteiger partial charge in [-0.15, -0.1) is 0 Å². The van der Waals surface area contributed by atoms with Crippen LogP contribution in [0.5, 0.6) is 0 Å². The van der Waals surface area contributed by atoms with E-state index >= 15 is 0 Å². The minimum Gasteiger partial charge on any atom is -0.296 e. The Bertz CT molecular complexity index is 958. The maximum atomic E-state index is 12.3. The van der Waals surface area contributed by atoms with Crippen LogP contribution in [0.4, 0.5) is 0 Å². The maximum absolute atomic E-state index is 12.3. The molecule has 0 amide bonds. The summed E-state index contributed by atoms with van der Waals surface area (Å²) in [5.74, 6) is 0. The molecule has 0 bridgehead atoms. The zero-order valence-corrected chi connectivity index (χ0v) is 12.4. The molecule has 0 saturated carbocycles. The topological polar surface area (TPSA) is 82.7 Å². The molecule has 22 heavy (non-hydrogen) atoms. The number of fused-ring (bicyclic) bond motifs is 1. The van der Waals surface area contributed by atoms with Crippen LogP contribution in [0.1, 0.15) is 11.4 Å². The average Bonchev–Trinajstić information content (AvgIpc) is 2.48. The Morgan fingerprint density at radius 2 is 1.95 bits per heavy atom. The lowest BCUT2D eigenvalue weighted by molar-refractivity contribution is 0.530. The molecule has 0 aliphatic heterocycles. The summed E-state index contributed by atoms with van der Waals surface area (Å²) in [7, 11) is 0. The van der Waals surface area contributed by atoms with Gasteiger partial charge in [-0.1, -0.05) is 0 Å². The molecule has 7 heteroatoms. The second-order valence-corrected chi connectivity index (χ2v) is 5.09. The molecule has 0 aromatic carbocycles. The molecule has 3 aromatic heterocycles. The average molecular weight is 297 g/mol. The Balaban J connectivity index is 1.94. The van der Waals surface area contributed by atoms with Crippen LogP contribution in [-0.4, -0.2) is 24.1 Å². The molecule has 7 nitrogen and oxygen atoms in total. The number of pyridine rings is 1. The first-order valence-corrected chi connectivity index (χ1v) is 6.91. The highest BCUT2D eigenvalue weighted by Crippen LogP contribution is 2.02. The van der Waals surface area contributed by atoms with E-state index in [0.29, 0.717) is 29.8 Å². The van der Waals surface area contributed by atoms with Gasteiger partial charge in [-0.2, -0.15) is 4.98 Å². The van der Waals surface area contributed by atoms with Gasteiger partial charge in [0.05, 0.1) is 11.8 Å². The van der Waals surface area contributed by atoms with E-state index in [-0.39, 0.29) is 11.2 Å². The van der Waals surface area contributed by atoms with E-state index in [2.05, 4.69) is 15.0 Å². The largest absolute Gasteiger partial charge is 0.348 e. The second kappa shape index (κ2) is 5.51. The van der Waals surface area contributed by atoms with Crippen LogP contribution in [0.2, 0.25) is 0 Å². The Morgan fingerprint density at radius 1 is 1.14 bits per heavy atom. The highest BCUT2D eigenvalue weighted by atomic mass is 16.1. The number of rotatable bonds is 3. The van der Waals surface area contributed by atoms with Crippen LogP contribution in [0.15, 0.2) is 40.3 Å². The predicted molar refractivity (Wildman–Crippen MR) is 81.8 cm³/mol. The molecule has 0 aliphatic rings. The predicted octanol–water partition coefficient (Wildman–Crippen LogP) is 0.665. The Morgan fingerprint density at radius 3 is 2.73 bits per heavy atom. The first kappa shape index (κ1) is 14.1. The van der Waals surface area contributed by atoms with Crippen LogP contribution < -0.4 is 11.2 Å². The standard InChI is InChI=1S/C15H15N5O2/c1-10-8-11(2)20(15(22)18-10)7-6-19-9-17-12-4-3-5-16-13(12)14(19)21/h3-5,8-9H,6-7H2,1-2H3. The lowest BCUT2D eigenvalue weighted by atomic mass is 10.3. The van der Waals surface area contributed by atoms with Gasteiger partial charge in [0.15, 0.2) is 5.52 Å². The molecule has 0 fully saturated rings. The van der Waals surface area contributed by atoms with Crippen molar-refractivity contribution in [2.24, 2.45) is 0 Å². The first-order valence-electron chi connectivity index (χ1n) is 6.91. The van der Waals surface area contributed by atoms with E-state index in [0.717, 1.165) is 5.69 Å². The number of hydrogen-bond acceptors (Lipinski definition) is 5. The zero-order chi connectivity index (χ0) is 15.7. The van der Waals surface area contributed by atoms with Gasteiger partial charge in [0, 0.05) is 30.7 Å². The van der Waals surface area contributed by atoms with Crippen LogP contribution in [0.3, 0.4) is 0 Å². The number of hydrogen-bond donors (Lipinski definition) is 0. The molecular weight excluding hydrogens is 282 g/mol. The minimum absolute atomic E-state index is 0.212. The Hall–Kier alpha value is -2.83. The summed E-state index contributed by atoms with van der Waals surface area (Å²) in [4.78, 5) is 36.4. The van der Waals surface area contributed by atoms with Crippen LogP contribution in [0.25, 0.3) is 11.0 Å². The van der Waals surface area contributed by atoms with Gasteiger partial charge < -0.3 is 0 Å². The molecule has 0 N–H and O–H groups in total. The summed E-state index contributed by atoms with van der Waals surface area (Å²) in [6, 6.07) is 5.32. The van der Waals surface area contributed by atoms with Crippen molar-refractivity contribution in [2.45, 2.75) is 26.9 Å². The SMILES string of the molecule is Cc1cc(C)n(CCn2cnc3cccnc3c2=O)c(=O)n1. The third-order valence-electron chi connectivity index (χ3n) is 3.50. The lowest BCUT2D eigenvalue weighted by Crippen LogP contribution is -2.30. The molecule has 3 heterocycles. The molecule has 3 aromatic rings. The maximum Gasteiger partial charge on any atom is 0.348 e. The molecule has 0 spiro atoms. The van der Waals surface area contributed by atoms with Crippen molar-refractivity contribution >= 4 is 11.0 Å². The molecule has 0 saturated heterocycles. The smallest absolute Gasteiger partial charge is 0.296 e. The number of nitrogens with zero attached hydrogens (tertiary/aromatic N) is 5. The summed E-state index contributed by atoms with van der Waals surface area (Å²) >= 11 is 0. The fraction of sp³-hybridized carbons (Fsp3) is 0.267. The Labute approximate surface area is 125 Å². The van der Waals surface area contributed by atoms with Crippen molar-refractivity contribution in [3.8, 4) is 0 Å². The van der Waals surface area contributed by atoms with Crippen molar-refractivity contribution < 1.29 is 0 Å². The van der Waals surface area contributed by atoms with Crippen molar-refractivity contribution in [1.29, 1.82) is 0 Å². The molecular formula is C15H15N5O2. The van der Waals surface area contributed by atoms with Gasteiger partial charge in [0.1, 0.15) is 0 Å². The molecule has 112 valence electrons. The van der Waals surface area contributed by atoms with Crippen LogP contribution in [-0.2, 0) is 13.1 Å². The summed E-state index contributed by atoms with van der Waals surface area (Å²) < 4.78 is 3.00. The number of aromatic nitrogens is 5. The monoisotopic (exact) mass is 297 g/mol. The summed E-state index contributed by atoms with van der Waals surface area (Å²) in [6.45, 7) is 4.32. The van der Waals surface area contributed by atoms with Crippen LogP contribution >= 0.6 is 0 Å². The first-order chi connectivity index (χ1) is 10.6. The van der Waals surface area contributed by atoms with Crippen molar-refractivity contribution in [3.63, 3.8) is 0 Å². The van der Waals surface area contributed by atoms with Gasteiger partial charge in [0.2, 0.25) is 0 Å². The molecule has 0 unspecified atom stereocenters. The summed E-state index contributed by atoms with van der Waals surface area (Å²) in [6.07, 6.45) is 3.04. The summed E-state index contributed by atoms with van der Waals surface area (Å²) in [5.41, 5.74) is 1.88. The third kappa shape index (κ3) is 2.52. The Kier molecular flexibility index (Phi) is 3.54. The highest BCUT2D eigenvalue weighted by Gasteiger charge is 2.07. The zero-order valence-electron chi connectivity index (χ0n) is 12.4. The lowest BCUT2D eigenvalue weighted by Gasteiger charge is -2.11. The molecule has 0 radical (unpaired) electrons. The van der Waals surface area contributed by atoms with E-state index in [1.54, 1.807) is 29.8 Å².